The molecule has 0 heterocycles. The number of benzene rings is 1. The quantitative estimate of drug-likeness (QED) is 0.816. The molecule has 0 aliphatic heterocycles. The molecule has 0 radical (unpaired) electrons. The summed E-state index contributed by atoms with van der Waals surface area (Å²) < 4.78 is 0. The van der Waals surface area contributed by atoms with E-state index in [4.69, 9.17) is 5.73 Å². The van der Waals surface area contributed by atoms with Crippen molar-refractivity contribution in [1.82, 2.24) is 0 Å². The van der Waals surface area contributed by atoms with E-state index in [-0.39, 0.29) is 6.04 Å². The van der Waals surface area contributed by atoms with E-state index >= 15 is 0 Å². The van der Waals surface area contributed by atoms with E-state index in [2.05, 4.69) is 56.3 Å². The Balaban J connectivity index is 2.87. The van der Waals surface area contributed by atoms with Crippen LogP contribution in [-0.2, 0) is 0 Å². The van der Waals surface area contributed by atoms with E-state index in [1.54, 1.807) is 0 Å². The van der Waals surface area contributed by atoms with Gasteiger partial charge in [-0.05, 0) is 43.4 Å². The Morgan fingerprint density at radius 3 is 2.61 bits per heavy atom. The largest absolute Gasteiger partial charge is 0.372 e. The minimum atomic E-state index is 0.136. The first kappa shape index (κ1) is 15.4. The molecule has 0 aliphatic carbocycles. The summed E-state index contributed by atoms with van der Waals surface area (Å²) in [7, 11) is 2.17. The molecule has 0 bridgehead atoms. The Kier molecular flexibility index (Phi) is 6.58. The van der Waals surface area contributed by atoms with Crippen molar-refractivity contribution in [3.8, 4) is 0 Å². The number of thioether (sulfide) groups is 1. The molecule has 0 spiro atoms. The minimum Gasteiger partial charge on any atom is -0.372 e. The topological polar surface area (TPSA) is 29.3 Å². The van der Waals surface area contributed by atoms with Gasteiger partial charge < -0.3 is 10.6 Å². The predicted molar refractivity (Wildman–Crippen MR) is 84.5 cm³/mol. The van der Waals surface area contributed by atoms with Crippen molar-refractivity contribution in [2.75, 3.05) is 24.0 Å². The maximum absolute atomic E-state index is 6.20. The summed E-state index contributed by atoms with van der Waals surface area (Å²) in [6, 6.07) is 9.19. The molecular weight excluding hydrogens is 240 g/mol. The Bertz CT molecular complexity index is 354. The minimum absolute atomic E-state index is 0.136. The van der Waals surface area contributed by atoms with Crippen molar-refractivity contribution >= 4 is 17.4 Å². The van der Waals surface area contributed by atoms with E-state index in [9.17, 15) is 0 Å². The second-order valence-corrected chi connectivity index (χ2v) is 5.80. The Hall–Kier alpha value is -0.670. The zero-order valence-corrected chi connectivity index (χ0v) is 12.8. The van der Waals surface area contributed by atoms with Gasteiger partial charge in [0, 0.05) is 24.8 Å². The fraction of sp³-hybridized carbons (Fsp3) is 0.600. The first-order chi connectivity index (χ1) is 8.61. The summed E-state index contributed by atoms with van der Waals surface area (Å²) in [5, 5.41) is 0. The molecule has 1 rings (SSSR count). The fourth-order valence-corrected chi connectivity index (χ4v) is 2.64. The number of rotatable bonds is 7. The molecule has 0 saturated carbocycles. The number of nitrogens with zero attached hydrogens (tertiary/aromatic N) is 1. The second kappa shape index (κ2) is 7.70. The van der Waals surface area contributed by atoms with Gasteiger partial charge >= 0.3 is 0 Å². The summed E-state index contributed by atoms with van der Waals surface area (Å²) in [4.78, 5) is 2.36. The van der Waals surface area contributed by atoms with Crippen molar-refractivity contribution in [2.24, 2.45) is 5.73 Å². The summed E-state index contributed by atoms with van der Waals surface area (Å²) in [6.45, 7) is 4.42. The van der Waals surface area contributed by atoms with Crippen molar-refractivity contribution in [1.29, 1.82) is 0 Å². The molecular formula is C15H26N2S. The molecule has 2 nitrogen and oxygen atoms in total. The van der Waals surface area contributed by atoms with Crippen LogP contribution in [0.1, 0.15) is 38.3 Å². The van der Waals surface area contributed by atoms with Gasteiger partial charge in [0.05, 0.1) is 0 Å². The fourth-order valence-electron chi connectivity index (χ4n) is 2.06. The number of hydrogen-bond donors (Lipinski definition) is 1. The molecule has 0 aliphatic rings. The zero-order chi connectivity index (χ0) is 13.5. The second-order valence-electron chi connectivity index (χ2n) is 4.81. The van der Waals surface area contributed by atoms with Crippen LogP contribution in [0, 0.1) is 0 Å². The lowest BCUT2D eigenvalue weighted by molar-refractivity contribution is 0.650. The van der Waals surface area contributed by atoms with Crippen LogP contribution in [0.2, 0.25) is 0 Å². The van der Waals surface area contributed by atoms with Gasteiger partial charge in [0.2, 0.25) is 0 Å². The third-order valence-electron chi connectivity index (χ3n) is 3.56. The molecule has 1 aromatic rings. The van der Waals surface area contributed by atoms with Gasteiger partial charge in [-0.2, -0.15) is 11.8 Å². The van der Waals surface area contributed by atoms with Crippen LogP contribution in [0.5, 0.6) is 0 Å². The number of anilines is 1. The van der Waals surface area contributed by atoms with Crippen LogP contribution in [0.15, 0.2) is 24.3 Å². The van der Waals surface area contributed by atoms with Crippen molar-refractivity contribution in [3.05, 3.63) is 29.8 Å². The first-order valence-corrected chi connectivity index (χ1v) is 8.07. The van der Waals surface area contributed by atoms with Crippen molar-refractivity contribution in [2.45, 2.75) is 38.8 Å². The highest BCUT2D eigenvalue weighted by Gasteiger charge is 2.15. The lowest BCUT2D eigenvalue weighted by atomic mass is 10.0. The number of nitrogens with two attached hydrogens (primary N) is 1. The van der Waals surface area contributed by atoms with Crippen LogP contribution < -0.4 is 10.6 Å². The third kappa shape index (κ3) is 3.92. The van der Waals surface area contributed by atoms with Gasteiger partial charge in [0.25, 0.3) is 0 Å². The predicted octanol–water partition coefficient (Wildman–Crippen LogP) is 3.67. The zero-order valence-electron chi connectivity index (χ0n) is 12.0. The maximum Gasteiger partial charge on any atom is 0.0414 e. The van der Waals surface area contributed by atoms with Crippen molar-refractivity contribution in [3.63, 3.8) is 0 Å². The smallest absolute Gasteiger partial charge is 0.0414 e. The third-order valence-corrected chi connectivity index (χ3v) is 4.20. The van der Waals surface area contributed by atoms with E-state index < -0.39 is 0 Å². The normalized spacial score (nSPS) is 14.3. The SMILES string of the molecule is CC[C@@H](N)c1ccccc1N(C)C(C)CCSC. The molecule has 3 heteroatoms. The summed E-state index contributed by atoms with van der Waals surface area (Å²) in [6.07, 6.45) is 4.34. The van der Waals surface area contributed by atoms with E-state index in [1.807, 2.05) is 11.8 Å². The molecule has 1 unspecified atom stereocenters. The number of hydrogen-bond acceptors (Lipinski definition) is 3. The highest BCUT2D eigenvalue weighted by molar-refractivity contribution is 7.98. The molecule has 0 saturated heterocycles. The monoisotopic (exact) mass is 266 g/mol. The van der Waals surface area contributed by atoms with Gasteiger partial charge in [0.1, 0.15) is 0 Å². The van der Waals surface area contributed by atoms with E-state index in [0.29, 0.717) is 6.04 Å². The average molecular weight is 266 g/mol. The van der Waals surface area contributed by atoms with Crippen LogP contribution in [-0.4, -0.2) is 25.1 Å². The summed E-state index contributed by atoms with van der Waals surface area (Å²) in [5.41, 5.74) is 8.74. The van der Waals surface area contributed by atoms with Crippen LogP contribution in [0.4, 0.5) is 5.69 Å². The van der Waals surface area contributed by atoms with Gasteiger partial charge in [-0.15, -0.1) is 0 Å². The molecule has 1 aromatic carbocycles. The highest BCUT2D eigenvalue weighted by Crippen LogP contribution is 2.27. The molecule has 18 heavy (non-hydrogen) atoms. The Labute approximate surface area is 116 Å². The van der Waals surface area contributed by atoms with Gasteiger partial charge in [-0.25, -0.2) is 0 Å². The van der Waals surface area contributed by atoms with Crippen molar-refractivity contribution < 1.29 is 0 Å². The molecule has 0 amide bonds. The molecule has 2 atom stereocenters. The van der Waals surface area contributed by atoms with E-state index in [0.717, 1.165) is 6.42 Å². The molecule has 102 valence electrons. The van der Waals surface area contributed by atoms with Gasteiger partial charge in [0.15, 0.2) is 0 Å². The average Bonchev–Trinajstić information content (AvgIpc) is 2.43. The molecule has 2 N–H and O–H groups in total. The Morgan fingerprint density at radius 1 is 1.33 bits per heavy atom. The van der Waals surface area contributed by atoms with Crippen LogP contribution >= 0.6 is 11.8 Å². The van der Waals surface area contributed by atoms with Crippen LogP contribution in [0.3, 0.4) is 0 Å². The lowest BCUT2D eigenvalue weighted by Gasteiger charge is -2.30. The summed E-state index contributed by atoms with van der Waals surface area (Å²) in [5.74, 6) is 1.20. The molecule has 0 fully saturated rings. The van der Waals surface area contributed by atoms with Gasteiger partial charge in [-0.3, -0.25) is 0 Å². The maximum atomic E-state index is 6.20. The molecule has 0 aromatic heterocycles. The standard InChI is InChI=1S/C15H26N2S/c1-5-14(16)13-8-6-7-9-15(13)17(3)12(2)10-11-18-4/h6-9,12,14H,5,10-11,16H2,1-4H3/t12?,14-/m1/s1. The Morgan fingerprint density at radius 2 is 2.00 bits per heavy atom. The van der Waals surface area contributed by atoms with E-state index in [1.165, 1.54) is 23.4 Å². The van der Waals surface area contributed by atoms with Gasteiger partial charge in [-0.1, -0.05) is 25.1 Å². The van der Waals surface area contributed by atoms with Crippen LogP contribution in [0.25, 0.3) is 0 Å². The first-order valence-electron chi connectivity index (χ1n) is 6.68. The highest BCUT2D eigenvalue weighted by atomic mass is 32.2. The number of para-hydroxylation sites is 1. The summed E-state index contributed by atoms with van der Waals surface area (Å²) >= 11 is 1.91. The lowest BCUT2D eigenvalue weighted by Crippen LogP contribution is -2.31.